The summed E-state index contributed by atoms with van der Waals surface area (Å²) in [6, 6.07) is 20.4. The van der Waals surface area contributed by atoms with E-state index in [1.165, 1.54) is 11.1 Å². The summed E-state index contributed by atoms with van der Waals surface area (Å²) < 4.78 is 10.3. The zero-order valence-electron chi connectivity index (χ0n) is 19.5. The first-order valence-electron chi connectivity index (χ1n) is 11.0. The van der Waals surface area contributed by atoms with Gasteiger partial charge in [0.2, 0.25) is 0 Å². The van der Waals surface area contributed by atoms with E-state index in [2.05, 4.69) is 34.1 Å². The molecular weight excluding hydrogens is 440 g/mol. The van der Waals surface area contributed by atoms with Crippen molar-refractivity contribution in [2.24, 2.45) is 0 Å². The number of carbonyl (C=O) groups excluding carboxylic acids is 2. The summed E-state index contributed by atoms with van der Waals surface area (Å²) in [5.41, 5.74) is 2.49. The first-order valence-corrected chi connectivity index (χ1v) is 11.0. The van der Waals surface area contributed by atoms with Crippen LogP contribution < -0.4 is 0 Å². The number of hydrogen-bond acceptors (Lipinski definition) is 6. The van der Waals surface area contributed by atoms with Crippen molar-refractivity contribution in [3.05, 3.63) is 83.9 Å². The van der Waals surface area contributed by atoms with E-state index in [0.717, 1.165) is 51.2 Å². The zero-order chi connectivity index (χ0) is 23.0. The highest BCUT2D eigenvalue weighted by atomic mass is 35.5. The average molecular weight is 475 g/mol. The maximum Gasteiger partial charge on any atom is 0.331 e. The summed E-state index contributed by atoms with van der Waals surface area (Å²) >= 11 is 0. The normalized spacial score (nSPS) is 10.9. The fraction of sp³-hybridized carbons (Fsp3) is 0.385. The summed E-state index contributed by atoms with van der Waals surface area (Å²) in [4.78, 5) is 27.8. The molecule has 180 valence electrons. The molecule has 6 nitrogen and oxygen atoms in total. The molecule has 0 saturated carbocycles. The largest absolute Gasteiger partial charge is 0.462 e. The molecule has 33 heavy (non-hydrogen) atoms. The quantitative estimate of drug-likeness (QED) is 0.233. The van der Waals surface area contributed by atoms with Crippen LogP contribution in [0.3, 0.4) is 0 Å². The summed E-state index contributed by atoms with van der Waals surface area (Å²) in [6.45, 7) is 3.95. The van der Waals surface area contributed by atoms with Crippen LogP contribution in [0.5, 0.6) is 0 Å². The van der Waals surface area contributed by atoms with Crippen LogP contribution in [0.1, 0.15) is 24.0 Å². The maximum absolute atomic E-state index is 11.7. The van der Waals surface area contributed by atoms with E-state index in [1.807, 2.05) is 50.5 Å². The highest BCUT2D eigenvalue weighted by molar-refractivity contribution is 5.91. The van der Waals surface area contributed by atoms with Crippen molar-refractivity contribution < 1.29 is 19.1 Å². The highest BCUT2D eigenvalue weighted by Gasteiger charge is 2.04. The predicted octanol–water partition coefficient (Wildman–Crippen LogP) is 4.10. The maximum atomic E-state index is 11.7. The van der Waals surface area contributed by atoms with Crippen LogP contribution >= 0.6 is 12.4 Å². The minimum Gasteiger partial charge on any atom is -0.462 e. The van der Waals surface area contributed by atoms with Crippen molar-refractivity contribution in [2.75, 3.05) is 40.4 Å². The van der Waals surface area contributed by atoms with E-state index in [0.29, 0.717) is 13.2 Å². The fourth-order valence-corrected chi connectivity index (χ4v) is 3.20. The van der Waals surface area contributed by atoms with Gasteiger partial charge in [0, 0.05) is 38.3 Å². The third-order valence-electron chi connectivity index (χ3n) is 4.80. The van der Waals surface area contributed by atoms with Crippen LogP contribution in [0.4, 0.5) is 0 Å². The van der Waals surface area contributed by atoms with Gasteiger partial charge in [0.05, 0.1) is 13.2 Å². The molecule has 0 N–H and O–H groups in total. The second kappa shape index (κ2) is 16.9. The van der Waals surface area contributed by atoms with E-state index in [1.54, 1.807) is 0 Å². The Bertz CT molecular complexity index is 761. The van der Waals surface area contributed by atoms with Gasteiger partial charge in [-0.05, 0) is 38.1 Å². The molecular formula is C26H35ClN2O4. The Kier molecular flexibility index (Phi) is 14.5. The number of halogens is 1. The van der Waals surface area contributed by atoms with Gasteiger partial charge in [-0.25, -0.2) is 9.59 Å². The van der Waals surface area contributed by atoms with E-state index >= 15 is 0 Å². The molecule has 0 spiro atoms. The first kappa shape index (κ1) is 28.4. The number of benzene rings is 2. The van der Waals surface area contributed by atoms with Gasteiger partial charge in [-0.15, -0.1) is 12.4 Å². The Hall–Kier alpha value is -2.67. The van der Waals surface area contributed by atoms with Gasteiger partial charge in [0.15, 0.2) is 0 Å². The molecule has 0 aliphatic heterocycles. The van der Waals surface area contributed by atoms with Crippen LogP contribution in [0.15, 0.2) is 72.8 Å². The standard InChI is InChI=1S/C26H34N2O4.ClH/c1-27(21-23-11-5-3-6-12-23)17-9-19-31-25(29)15-16-26(30)32-20-10-18-28(2)22-24-13-7-4-8-14-24;/h3-8,11-16H,9-10,17-22H2,1-2H3;1H/b16-15+;. The van der Waals surface area contributed by atoms with Crippen LogP contribution in [-0.2, 0) is 32.2 Å². The molecule has 0 aliphatic carbocycles. The lowest BCUT2D eigenvalue weighted by atomic mass is 10.2. The number of nitrogens with zero attached hydrogens (tertiary/aromatic N) is 2. The Morgan fingerprint density at radius 2 is 1.06 bits per heavy atom. The summed E-state index contributed by atoms with van der Waals surface area (Å²) in [6.07, 6.45) is 3.70. The number of rotatable bonds is 14. The Balaban J connectivity index is 0.00000544. The van der Waals surface area contributed by atoms with Crippen molar-refractivity contribution in [3.63, 3.8) is 0 Å². The van der Waals surface area contributed by atoms with Crippen LogP contribution in [0.2, 0.25) is 0 Å². The average Bonchev–Trinajstić information content (AvgIpc) is 2.79. The lowest BCUT2D eigenvalue weighted by molar-refractivity contribution is -0.140. The van der Waals surface area contributed by atoms with Crippen molar-refractivity contribution in [1.82, 2.24) is 9.80 Å². The summed E-state index contributed by atoms with van der Waals surface area (Å²) in [5, 5.41) is 0. The molecule has 0 atom stereocenters. The monoisotopic (exact) mass is 474 g/mol. The molecule has 2 rings (SSSR count). The van der Waals surface area contributed by atoms with Gasteiger partial charge < -0.3 is 19.3 Å². The third kappa shape index (κ3) is 13.5. The molecule has 0 aliphatic rings. The molecule has 0 heterocycles. The van der Waals surface area contributed by atoms with E-state index in [4.69, 9.17) is 9.47 Å². The van der Waals surface area contributed by atoms with Crippen molar-refractivity contribution in [2.45, 2.75) is 25.9 Å². The van der Waals surface area contributed by atoms with Gasteiger partial charge in [0.25, 0.3) is 0 Å². The minimum atomic E-state index is -0.532. The second-order valence-electron chi connectivity index (χ2n) is 7.82. The number of hydrogen-bond donors (Lipinski definition) is 0. The first-order chi connectivity index (χ1) is 15.5. The van der Waals surface area contributed by atoms with Crippen LogP contribution in [0.25, 0.3) is 0 Å². The van der Waals surface area contributed by atoms with Crippen LogP contribution in [-0.4, -0.2) is 62.1 Å². The van der Waals surface area contributed by atoms with Crippen molar-refractivity contribution in [1.29, 1.82) is 0 Å². The minimum absolute atomic E-state index is 0. The molecule has 0 bridgehead atoms. The highest BCUT2D eigenvalue weighted by Crippen LogP contribution is 2.04. The van der Waals surface area contributed by atoms with E-state index in [9.17, 15) is 9.59 Å². The molecule has 0 fully saturated rings. The molecule has 7 heteroatoms. The van der Waals surface area contributed by atoms with Crippen LogP contribution in [0, 0.1) is 0 Å². The summed E-state index contributed by atoms with van der Waals surface area (Å²) in [5.74, 6) is -1.06. The van der Waals surface area contributed by atoms with Gasteiger partial charge in [-0.1, -0.05) is 60.7 Å². The SMILES string of the molecule is CN(CCCOC(=O)/C=C/C(=O)OCCCN(C)Cc1ccccc1)Cc1ccccc1.Cl. The molecule has 0 amide bonds. The smallest absolute Gasteiger partial charge is 0.331 e. The molecule has 0 unspecified atom stereocenters. The molecule has 0 aromatic heterocycles. The fourth-order valence-electron chi connectivity index (χ4n) is 3.20. The molecule has 0 saturated heterocycles. The van der Waals surface area contributed by atoms with Gasteiger partial charge >= 0.3 is 11.9 Å². The van der Waals surface area contributed by atoms with Gasteiger partial charge in [0.1, 0.15) is 0 Å². The van der Waals surface area contributed by atoms with Crippen molar-refractivity contribution >= 4 is 24.3 Å². The lowest BCUT2D eigenvalue weighted by Gasteiger charge is -2.16. The van der Waals surface area contributed by atoms with Gasteiger partial charge in [-0.3, -0.25) is 0 Å². The summed E-state index contributed by atoms with van der Waals surface area (Å²) in [7, 11) is 4.06. The molecule has 0 radical (unpaired) electrons. The van der Waals surface area contributed by atoms with Crippen molar-refractivity contribution in [3.8, 4) is 0 Å². The molecule has 2 aromatic rings. The second-order valence-corrected chi connectivity index (χ2v) is 7.82. The number of esters is 2. The zero-order valence-corrected chi connectivity index (χ0v) is 20.3. The van der Waals surface area contributed by atoms with E-state index in [-0.39, 0.29) is 12.4 Å². The van der Waals surface area contributed by atoms with E-state index < -0.39 is 11.9 Å². The predicted molar refractivity (Wildman–Crippen MR) is 133 cm³/mol. The Labute approximate surface area is 203 Å². The van der Waals surface area contributed by atoms with Gasteiger partial charge in [-0.2, -0.15) is 0 Å². The lowest BCUT2D eigenvalue weighted by Crippen LogP contribution is -2.21. The number of carbonyl (C=O) groups is 2. The topological polar surface area (TPSA) is 59.1 Å². The molecule has 2 aromatic carbocycles. The Morgan fingerprint density at radius 1 is 0.697 bits per heavy atom. The Morgan fingerprint density at radius 3 is 1.42 bits per heavy atom. The number of ether oxygens (including phenoxy) is 2. The third-order valence-corrected chi connectivity index (χ3v) is 4.80.